The molecule has 1 unspecified atom stereocenters. The van der Waals surface area contributed by atoms with Crippen molar-refractivity contribution < 1.29 is 28.4 Å². The van der Waals surface area contributed by atoms with E-state index >= 15 is 0 Å². The van der Waals surface area contributed by atoms with Crippen LogP contribution in [-0.4, -0.2) is 40.7 Å². The fraction of sp³-hybridized carbons (Fsp3) is 0.421. The average Bonchev–Trinajstić information content (AvgIpc) is 2.67. The first kappa shape index (κ1) is 21.2. The second kappa shape index (κ2) is 8.10. The fourth-order valence-electron chi connectivity index (χ4n) is 4.00. The van der Waals surface area contributed by atoms with Gasteiger partial charge in [0.1, 0.15) is 0 Å². The van der Waals surface area contributed by atoms with Gasteiger partial charge in [-0.05, 0) is 27.2 Å². The minimum Gasteiger partial charge on any atom is -0.478 e. The zero-order valence-electron chi connectivity index (χ0n) is 16.5. The highest BCUT2D eigenvalue weighted by Gasteiger charge is 2.48. The predicted molar refractivity (Wildman–Crippen MR) is 105 cm³/mol. The molecular formula is C19H23N2O7P. The van der Waals surface area contributed by atoms with Crippen LogP contribution in [-0.2, 0) is 18.4 Å². The average molecular weight is 422 g/mol. The van der Waals surface area contributed by atoms with Gasteiger partial charge in [0.2, 0.25) is 0 Å². The molecule has 0 radical (unpaired) electrons. The second-order valence-electron chi connectivity index (χ2n) is 6.79. The Morgan fingerprint density at radius 1 is 1.28 bits per heavy atom. The maximum absolute atomic E-state index is 13.7. The Hall–Kier alpha value is -2.48. The Morgan fingerprint density at radius 2 is 1.90 bits per heavy atom. The maximum atomic E-state index is 13.7. The number of nitro benzene ring substituents is 1. The summed E-state index contributed by atoms with van der Waals surface area (Å²) in [6.45, 7) is 6.04. The van der Waals surface area contributed by atoms with Crippen molar-refractivity contribution >= 4 is 19.3 Å². The van der Waals surface area contributed by atoms with Crippen molar-refractivity contribution in [1.82, 2.24) is 4.90 Å². The third-order valence-corrected chi connectivity index (χ3v) is 7.45. The van der Waals surface area contributed by atoms with Gasteiger partial charge in [-0.15, -0.1) is 0 Å². The molecule has 0 saturated carbocycles. The summed E-state index contributed by atoms with van der Waals surface area (Å²) in [4.78, 5) is 25.1. The first-order chi connectivity index (χ1) is 13.7. The number of carboxylic acid groups (broad SMARTS) is 1. The number of carbonyl (C=O) groups is 1. The molecule has 156 valence electrons. The quantitative estimate of drug-likeness (QED) is 0.425. The van der Waals surface area contributed by atoms with Crippen LogP contribution in [0.4, 0.5) is 5.69 Å². The van der Waals surface area contributed by atoms with E-state index in [-0.39, 0.29) is 35.4 Å². The van der Waals surface area contributed by atoms with Crippen LogP contribution in [0, 0.1) is 10.1 Å². The molecule has 0 aromatic heterocycles. The Kier molecular flexibility index (Phi) is 5.93. The van der Waals surface area contributed by atoms with Crippen molar-refractivity contribution in [3.05, 3.63) is 62.2 Å². The molecule has 1 aromatic carbocycles. The van der Waals surface area contributed by atoms with Crippen molar-refractivity contribution in [2.24, 2.45) is 0 Å². The van der Waals surface area contributed by atoms with E-state index in [1.165, 1.54) is 18.2 Å². The smallest absolute Gasteiger partial charge is 0.360 e. The summed E-state index contributed by atoms with van der Waals surface area (Å²) in [6.07, 6.45) is 0.560. The Balaban J connectivity index is 2.36. The van der Waals surface area contributed by atoms with Crippen LogP contribution in [0.2, 0.25) is 0 Å². The minimum absolute atomic E-state index is 0.0743. The lowest BCUT2D eigenvalue weighted by molar-refractivity contribution is -0.385. The third kappa shape index (κ3) is 3.61. The molecule has 2 aliphatic rings. The molecule has 0 bridgehead atoms. The van der Waals surface area contributed by atoms with Gasteiger partial charge in [0.15, 0.2) is 0 Å². The van der Waals surface area contributed by atoms with E-state index in [0.717, 1.165) is 0 Å². The van der Waals surface area contributed by atoms with Crippen LogP contribution >= 0.6 is 7.60 Å². The predicted octanol–water partition coefficient (Wildman–Crippen LogP) is 4.23. The minimum atomic E-state index is -3.85. The van der Waals surface area contributed by atoms with Crippen molar-refractivity contribution in [3.8, 4) is 0 Å². The molecule has 29 heavy (non-hydrogen) atoms. The van der Waals surface area contributed by atoms with Crippen LogP contribution in [0.25, 0.3) is 0 Å². The van der Waals surface area contributed by atoms with E-state index in [2.05, 4.69) is 0 Å². The van der Waals surface area contributed by atoms with E-state index in [4.69, 9.17) is 9.05 Å². The van der Waals surface area contributed by atoms with Crippen molar-refractivity contribution in [1.29, 1.82) is 0 Å². The Bertz CT molecular complexity index is 959. The summed E-state index contributed by atoms with van der Waals surface area (Å²) in [5, 5.41) is 21.8. The maximum Gasteiger partial charge on any atom is 0.360 e. The number of carboxylic acids is 1. The zero-order valence-corrected chi connectivity index (χ0v) is 17.3. The van der Waals surface area contributed by atoms with E-state index in [0.29, 0.717) is 24.4 Å². The highest BCUT2D eigenvalue weighted by Crippen LogP contribution is 2.66. The number of rotatable bonds is 5. The van der Waals surface area contributed by atoms with Gasteiger partial charge in [0.25, 0.3) is 5.69 Å². The lowest BCUT2D eigenvalue weighted by atomic mass is 9.85. The topological polar surface area (TPSA) is 119 Å². The molecular weight excluding hydrogens is 399 g/mol. The van der Waals surface area contributed by atoms with Gasteiger partial charge in [-0.25, -0.2) is 4.79 Å². The highest BCUT2D eigenvalue weighted by atomic mass is 31.2. The zero-order chi connectivity index (χ0) is 21.3. The molecule has 10 heteroatoms. The summed E-state index contributed by atoms with van der Waals surface area (Å²) >= 11 is 0. The molecule has 2 aliphatic heterocycles. The van der Waals surface area contributed by atoms with Crippen LogP contribution in [0.15, 0.2) is 46.5 Å². The number of hydrogen-bond donors (Lipinski definition) is 1. The number of nitro groups is 1. The van der Waals surface area contributed by atoms with Crippen molar-refractivity contribution in [2.75, 3.05) is 19.8 Å². The first-order valence-corrected chi connectivity index (χ1v) is 10.8. The number of allylic oxidation sites excluding steroid dienone is 3. The van der Waals surface area contributed by atoms with Gasteiger partial charge in [-0.2, -0.15) is 0 Å². The van der Waals surface area contributed by atoms with Gasteiger partial charge < -0.3 is 19.1 Å². The largest absolute Gasteiger partial charge is 0.478 e. The number of benzene rings is 1. The van der Waals surface area contributed by atoms with Crippen molar-refractivity contribution in [3.63, 3.8) is 0 Å². The standard InChI is InChI=1S/C19H23N2O7P/c1-4-20-12(2)16(19(22)23)17(14-8-5-6-9-15(14)21(24)25)18(13(20)3)29(26)27-10-7-11-28-29/h5-6,8-9,17H,4,7,10-11H2,1-3H3,(H,22,23). The summed E-state index contributed by atoms with van der Waals surface area (Å²) < 4.78 is 24.8. The lowest BCUT2D eigenvalue weighted by Gasteiger charge is -2.40. The number of para-hydroxylation sites is 1. The monoisotopic (exact) mass is 422 g/mol. The van der Waals surface area contributed by atoms with E-state index < -0.39 is 24.4 Å². The molecule has 9 nitrogen and oxygen atoms in total. The van der Waals surface area contributed by atoms with Gasteiger partial charge in [0.05, 0.1) is 34.9 Å². The number of nitrogens with zero attached hydrogens (tertiary/aromatic N) is 2. The number of aliphatic carboxylic acids is 1. The molecule has 2 heterocycles. The van der Waals surface area contributed by atoms with Crippen LogP contribution in [0.1, 0.15) is 38.7 Å². The summed E-state index contributed by atoms with van der Waals surface area (Å²) in [6, 6.07) is 5.90. The van der Waals surface area contributed by atoms with E-state index in [1.54, 1.807) is 24.8 Å². The van der Waals surface area contributed by atoms with E-state index in [9.17, 15) is 24.6 Å². The molecule has 1 saturated heterocycles. The van der Waals surface area contributed by atoms with Gasteiger partial charge in [-0.3, -0.25) is 14.7 Å². The van der Waals surface area contributed by atoms with Gasteiger partial charge >= 0.3 is 13.6 Å². The molecule has 0 amide bonds. The number of hydrogen-bond acceptors (Lipinski definition) is 7. The molecule has 1 atom stereocenters. The normalized spacial score (nSPS) is 22.0. The highest BCUT2D eigenvalue weighted by molar-refractivity contribution is 7.58. The second-order valence-corrected chi connectivity index (χ2v) is 8.78. The fourth-order valence-corrected chi connectivity index (χ4v) is 6.20. The third-order valence-electron chi connectivity index (χ3n) is 5.23. The molecule has 1 N–H and O–H groups in total. The van der Waals surface area contributed by atoms with Gasteiger partial charge in [0, 0.05) is 29.6 Å². The summed E-state index contributed by atoms with van der Waals surface area (Å²) in [5.41, 5.74) is 0.793. The van der Waals surface area contributed by atoms with Gasteiger partial charge in [-0.1, -0.05) is 18.2 Å². The summed E-state index contributed by atoms with van der Waals surface area (Å²) in [7, 11) is -3.85. The Morgan fingerprint density at radius 3 is 2.45 bits per heavy atom. The van der Waals surface area contributed by atoms with Crippen LogP contribution < -0.4 is 0 Å². The molecule has 0 spiro atoms. The van der Waals surface area contributed by atoms with Crippen molar-refractivity contribution in [2.45, 2.75) is 33.1 Å². The Labute approximate surface area is 168 Å². The molecule has 1 fully saturated rings. The molecule has 3 rings (SSSR count). The van der Waals surface area contributed by atoms with Crippen LogP contribution in [0.3, 0.4) is 0 Å². The molecule has 0 aliphatic carbocycles. The summed E-state index contributed by atoms with van der Waals surface area (Å²) in [5.74, 6) is -2.36. The first-order valence-electron chi connectivity index (χ1n) is 9.28. The SMILES string of the molecule is CCN1C(C)=C(C(=O)O)C(c2ccccc2[N+](=O)[O-])C(P2(=O)OCCCO2)=C1C. The molecule has 1 aromatic rings. The van der Waals surface area contributed by atoms with E-state index in [1.807, 2.05) is 6.92 Å². The lowest BCUT2D eigenvalue weighted by Crippen LogP contribution is -2.33. The van der Waals surface area contributed by atoms with Crippen LogP contribution in [0.5, 0.6) is 0 Å².